The van der Waals surface area contributed by atoms with E-state index in [1.807, 2.05) is 12.1 Å². The molecule has 0 saturated carbocycles. The van der Waals surface area contributed by atoms with E-state index in [0.29, 0.717) is 13.0 Å². The standard InChI is InChI=1S/C18H29FN4.HI/c1-15-8-12-23(13-9-15)14-11-22-18(20-2)21-10-7-16-5-3-4-6-17(16)19;/h3-6,15H,7-14H2,1-2H3,(H2,20,21,22);1H. The van der Waals surface area contributed by atoms with Gasteiger partial charge in [0.05, 0.1) is 0 Å². The molecule has 1 heterocycles. The minimum Gasteiger partial charge on any atom is -0.356 e. The number of piperidine rings is 1. The Kier molecular flexibility index (Phi) is 10.2. The van der Waals surface area contributed by atoms with Crippen molar-refractivity contribution in [3.63, 3.8) is 0 Å². The third kappa shape index (κ3) is 7.34. The SMILES string of the molecule is CN=C(NCCc1ccccc1F)NCCN1CCC(C)CC1.I. The molecule has 0 aromatic heterocycles. The van der Waals surface area contributed by atoms with E-state index in [1.165, 1.54) is 32.0 Å². The third-order valence-electron chi connectivity index (χ3n) is 4.46. The van der Waals surface area contributed by atoms with Crippen molar-refractivity contribution < 1.29 is 4.39 Å². The summed E-state index contributed by atoms with van der Waals surface area (Å²) in [4.78, 5) is 6.72. The van der Waals surface area contributed by atoms with E-state index in [4.69, 9.17) is 0 Å². The van der Waals surface area contributed by atoms with E-state index in [1.54, 1.807) is 13.1 Å². The largest absolute Gasteiger partial charge is 0.356 e. The van der Waals surface area contributed by atoms with Crippen LogP contribution in [0.25, 0.3) is 0 Å². The number of aliphatic imine (C=N–C) groups is 1. The molecule has 1 saturated heterocycles. The molecule has 0 amide bonds. The zero-order valence-corrected chi connectivity index (χ0v) is 17.1. The lowest BCUT2D eigenvalue weighted by Gasteiger charge is -2.30. The van der Waals surface area contributed by atoms with Gasteiger partial charge < -0.3 is 15.5 Å². The highest BCUT2D eigenvalue weighted by molar-refractivity contribution is 14.0. The fraction of sp³-hybridized carbons (Fsp3) is 0.611. The fourth-order valence-electron chi connectivity index (χ4n) is 2.86. The molecule has 4 nitrogen and oxygen atoms in total. The summed E-state index contributed by atoms with van der Waals surface area (Å²) >= 11 is 0. The minimum atomic E-state index is -0.142. The van der Waals surface area contributed by atoms with Gasteiger partial charge >= 0.3 is 0 Å². The number of likely N-dealkylation sites (tertiary alicyclic amines) is 1. The Labute approximate surface area is 162 Å². The smallest absolute Gasteiger partial charge is 0.191 e. The molecule has 24 heavy (non-hydrogen) atoms. The highest BCUT2D eigenvalue weighted by Gasteiger charge is 2.14. The van der Waals surface area contributed by atoms with Crippen LogP contribution in [0.1, 0.15) is 25.3 Å². The summed E-state index contributed by atoms with van der Waals surface area (Å²) in [6.45, 7) is 7.32. The molecule has 1 aliphatic heterocycles. The van der Waals surface area contributed by atoms with E-state index in [2.05, 4.69) is 27.4 Å². The van der Waals surface area contributed by atoms with Crippen LogP contribution in [0.4, 0.5) is 4.39 Å². The van der Waals surface area contributed by atoms with Crippen LogP contribution < -0.4 is 10.6 Å². The molecule has 6 heteroatoms. The second-order valence-corrected chi connectivity index (χ2v) is 6.29. The summed E-state index contributed by atoms with van der Waals surface area (Å²) in [5.41, 5.74) is 0.734. The number of guanidine groups is 1. The van der Waals surface area contributed by atoms with Gasteiger partial charge in [0.1, 0.15) is 5.82 Å². The second-order valence-electron chi connectivity index (χ2n) is 6.29. The minimum absolute atomic E-state index is 0. The number of nitrogens with one attached hydrogen (secondary N) is 2. The van der Waals surface area contributed by atoms with Gasteiger partial charge in [0.25, 0.3) is 0 Å². The van der Waals surface area contributed by atoms with E-state index < -0.39 is 0 Å². The lowest BCUT2D eigenvalue weighted by Crippen LogP contribution is -2.43. The lowest BCUT2D eigenvalue weighted by atomic mass is 9.99. The number of hydrogen-bond donors (Lipinski definition) is 2. The zero-order chi connectivity index (χ0) is 16.5. The molecule has 0 unspecified atom stereocenters. The topological polar surface area (TPSA) is 39.7 Å². The van der Waals surface area contributed by atoms with Crippen LogP contribution in [0.2, 0.25) is 0 Å². The molecule has 1 aromatic carbocycles. The van der Waals surface area contributed by atoms with Gasteiger partial charge in [-0.05, 0) is 49.9 Å². The van der Waals surface area contributed by atoms with Gasteiger partial charge in [-0.25, -0.2) is 4.39 Å². The molecule has 1 aliphatic rings. The highest BCUT2D eigenvalue weighted by atomic mass is 127. The average molecular weight is 448 g/mol. The summed E-state index contributed by atoms with van der Waals surface area (Å²) in [6.07, 6.45) is 3.25. The van der Waals surface area contributed by atoms with E-state index in [9.17, 15) is 4.39 Å². The monoisotopic (exact) mass is 448 g/mol. The maximum Gasteiger partial charge on any atom is 0.191 e. The second kappa shape index (κ2) is 11.6. The van der Waals surface area contributed by atoms with Gasteiger partial charge in [-0.2, -0.15) is 0 Å². The van der Waals surface area contributed by atoms with Crippen molar-refractivity contribution in [2.75, 3.05) is 39.8 Å². The van der Waals surface area contributed by atoms with Crippen LogP contribution >= 0.6 is 24.0 Å². The van der Waals surface area contributed by atoms with Gasteiger partial charge in [0, 0.05) is 26.7 Å². The van der Waals surface area contributed by atoms with Gasteiger partial charge in [0.2, 0.25) is 0 Å². The number of hydrogen-bond acceptors (Lipinski definition) is 2. The average Bonchev–Trinajstić information content (AvgIpc) is 2.57. The lowest BCUT2D eigenvalue weighted by molar-refractivity contribution is 0.195. The van der Waals surface area contributed by atoms with Crippen molar-refractivity contribution in [1.29, 1.82) is 0 Å². The number of halogens is 2. The fourth-order valence-corrected chi connectivity index (χ4v) is 2.86. The quantitative estimate of drug-likeness (QED) is 0.400. The predicted octanol–water partition coefficient (Wildman–Crippen LogP) is 2.88. The summed E-state index contributed by atoms with van der Waals surface area (Å²) in [5, 5.41) is 6.58. The molecular formula is C18H30FIN4. The van der Waals surface area contributed by atoms with Crippen molar-refractivity contribution in [2.24, 2.45) is 10.9 Å². The highest BCUT2D eigenvalue weighted by Crippen LogP contribution is 2.15. The van der Waals surface area contributed by atoms with E-state index in [-0.39, 0.29) is 29.8 Å². The molecule has 2 N–H and O–H groups in total. The van der Waals surface area contributed by atoms with E-state index >= 15 is 0 Å². The molecule has 1 fully saturated rings. The van der Waals surface area contributed by atoms with Crippen LogP contribution in [-0.2, 0) is 6.42 Å². The molecule has 1 aromatic rings. The van der Waals surface area contributed by atoms with E-state index in [0.717, 1.165) is 30.5 Å². The van der Waals surface area contributed by atoms with Gasteiger partial charge in [-0.3, -0.25) is 4.99 Å². The van der Waals surface area contributed by atoms with Crippen molar-refractivity contribution in [3.05, 3.63) is 35.6 Å². The number of rotatable bonds is 6. The van der Waals surface area contributed by atoms with Gasteiger partial charge in [-0.15, -0.1) is 24.0 Å². The molecule has 2 rings (SSSR count). The van der Waals surface area contributed by atoms with Crippen LogP contribution in [0, 0.1) is 11.7 Å². The Morgan fingerprint density at radius 1 is 1.21 bits per heavy atom. The van der Waals surface area contributed by atoms with Crippen molar-refractivity contribution in [1.82, 2.24) is 15.5 Å². The first-order chi connectivity index (χ1) is 11.2. The van der Waals surface area contributed by atoms with Crippen LogP contribution in [0.3, 0.4) is 0 Å². The maximum absolute atomic E-state index is 13.6. The molecule has 0 spiro atoms. The van der Waals surface area contributed by atoms with Crippen LogP contribution in [-0.4, -0.2) is 50.6 Å². The normalized spacial score (nSPS) is 16.5. The molecule has 0 bridgehead atoms. The number of nitrogens with zero attached hydrogens (tertiary/aromatic N) is 2. The Balaban J connectivity index is 0.00000288. The summed E-state index contributed by atoms with van der Waals surface area (Å²) in [7, 11) is 1.76. The summed E-state index contributed by atoms with van der Waals surface area (Å²) in [6, 6.07) is 6.91. The first-order valence-corrected chi connectivity index (χ1v) is 8.59. The Morgan fingerprint density at radius 2 is 1.88 bits per heavy atom. The van der Waals surface area contributed by atoms with Crippen LogP contribution in [0.15, 0.2) is 29.3 Å². The summed E-state index contributed by atoms with van der Waals surface area (Å²) in [5.74, 6) is 1.51. The van der Waals surface area contributed by atoms with Crippen molar-refractivity contribution in [3.8, 4) is 0 Å². The summed E-state index contributed by atoms with van der Waals surface area (Å²) < 4.78 is 13.6. The Hall–Kier alpha value is -0.890. The maximum atomic E-state index is 13.6. The predicted molar refractivity (Wildman–Crippen MR) is 110 cm³/mol. The molecule has 136 valence electrons. The van der Waals surface area contributed by atoms with Crippen molar-refractivity contribution >= 4 is 29.9 Å². The first-order valence-electron chi connectivity index (χ1n) is 8.59. The number of benzene rings is 1. The van der Waals surface area contributed by atoms with Crippen LogP contribution in [0.5, 0.6) is 0 Å². The molecule has 0 atom stereocenters. The zero-order valence-electron chi connectivity index (χ0n) is 14.7. The Bertz CT molecular complexity index is 502. The third-order valence-corrected chi connectivity index (χ3v) is 4.46. The molecule has 0 aliphatic carbocycles. The Morgan fingerprint density at radius 3 is 2.54 bits per heavy atom. The molecular weight excluding hydrogens is 418 g/mol. The first kappa shape index (κ1) is 21.2. The van der Waals surface area contributed by atoms with Gasteiger partial charge in [-0.1, -0.05) is 25.1 Å². The molecule has 0 radical (unpaired) electrons. The van der Waals surface area contributed by atoms with Gasteiger partial charge in [0.15, 0.2) is 5.96 Å². The van der Waals surface area contributed by atoms with Crippen molar-refractivity contribution in [2.45, 2.75) is 26.2 Å².